The third-order valence-corrected chi connectivity index (χ3v) is 2.62. The monoisotopic (exact) mass is 223 g/mol. The molecule has 0 fully saturated rings. The van der Waals surface area contributed by atoms with E-state index in [1.807, 2.05) is 6.92 Å². The molecule has 1 unspecified atom stereocenters. The molecular weight excluding hydrogens is 205 g/mol. The van der Waals surface area contributed by atoms with Gasteiger partial charge in [0.25, 0.3) is 0 Å². The molecule has 1 rings (SSSR count). The molecule has 0 aromatic heterocycles. The first-order valence-corrected chi connectivity index (χ1v) is 5.56. The minimum absolute atomic E-state index is 0.00366. The smallest absolute Gasteiger partial charge is 0.165 e. The van der Waals surface area contributed by atoms with Crippen molar-refractivity contribution in [2.75, 3.05) is 6.54 Å². The second kappa shape index (κ2) is 5.75. The van der Waals surface area contributed by atoms with Crippen molar-refractivity contribution in [3.05, 3.63) is 35.1 Å². The Bertz CT molecular complexity index is 356. The number of benzene rings is 1. The van der Waals surface area contributed by atoms with Crippen LogP contribution in [0, 0.1) is 18.7 Å². The van der Waals surface area contributed by atoms with E-state index in [4.69, 9.17) is 5.73 Å². The fourth-order valence-corrected chi connectivity index (χ4v) is 1.72. The quantitative estimate of drug-likeness (QED) is 0.780. The Balaban J connectivity index is 2.79. The van der Waals surface area contributed by atoms with Crippen molar-refractivity contribution in [2.45, 2.75) is 26.7 Å². The van der Waals surface area contributed by atoms with Crippen LogP contribution in [-0.2, 0) is 0 Å². The fourth-order valence-electron chi connectivity index (χ4n) is 1.72. The molecule has 2 N–H and O–H groups in total. The van der Waals surface area contributed by atoms with Gasteiger partial charge in [-0.2, -0.15) is 0 Å². The van der Waals surface area contributed by atoms with Crippen LogP contribution in [0.5, 0.6) is 0 Å². The van der Waals surface area contributed by atoms with Gasteiger partial charge in [-0.15, -0.1) is 0 Å². The number of halogens is 1. The Morgan fingerprint density at radius 2 is 2.12 bits per heavy atom. The van der Waals surface area contributed by atoms with Crippen LogP contribution in [0.3, 0.4) is 0 Å². The number of Topliss-reactive ketones (excluding diaryl/α,β-unsaturated/α-hetero) is 1. The van der Waals surface area contributed by atoms with Gasteiger partial charge in [-0.25, -0.2) is 4.39 Å². The van der Waals surface area contributed by atoms with Crippen LogP contribution in [0.4, 0.5) is 4.39 Å². The van der Waals surface area contributed by atoms with E-state index in [9.17, 15) is 9.18 Å². The lowest BCUT2D eigenvalue weighted by Gasteiger charge is -2.10. The number of aryl methyl sites for hydroxylation is 1. The van der Waals surface area contributed by atoms with E-state index < -0.39 is 0 Å². The number of nitrogens with two attached hydrogens (primary N) is 1. The number of hydrogen-bond donors (Lipinski definition) is 1. The molecule has 0 radical (unpaired) electrons. The molecule has 3 heteroatoms. The molecule has 16 heavy (non-hydrogen) atoms. The molecule has 1 aromatic rings. The molecule has 0 spiro atoms. The zero-order valence-electron chi connectivity index (χ0n) is 9.79. The molecule has 0 saturated carbocycles. The molecule has 0 amide bonds. The average molecular weight is 223 g/mol. The number of hydrogen-bond acceptors (Lipinski definition) is 2. The highest BCUT2D eigenvalue weighted by Crippen LogP contribution is 2.16. The van der Waals surface area contributed by atoms with Gasteiger partial charge in [-0.3, -0.25) is 4.79 Å². The molecule has 88 valence electrons. The molecule has 0 aliphatic heterocycles. The maximum atomic E-state index is 13.1. The predicted molar refractivity (Wildman–Crippen MR) is 62.9 cm³/mol. The Hall–Kier alpha value is -1.22. The average Bonchev–Trinajstić information content (AvgIpc) is 2.23. The van der Waals surface area contributed by atoms with Crippen molar-refractivity contribution < 1.29 is 9.18 Å². The van der Waals surface area contributed by atoms with Gasteiger partial charge in [-0.05, 0) is 50.1 Å². The van der Waals surface area contributed by atoms with Crippen LogP contribution in [0.15, 0.2) is 18.2 Å². The summed E-state index contributed by atoms with van der Waals surface area (Å²) in [5, 5.41) is 0. The number of carbonyl (C=O) groups is 1. The van der Waals surface area contributed by atoms with Gasteiger partial charge in [0.1, 0.15) is 5.82 Å². The summed E-state index contributed by atoms with van der Waals surface area (Å²) in [6.45, 7) is 4.22. The molecule has 0 heterocycles. The molecule has 0 aliphatic rings. The number of rotatable bonds is 5. The summed E-state index contributed by atoms with van der Waals surface area (Å²) in [6, 6.07) is 4.44. The third kappa shape index (κ3) is 3.42. The van der Waals surface area contributed by atoms with Crippen molar-refractivity contribution in [3.63, 3.8) is 0 Å². The topological polar surface area (TPSA) is 43.1 Å². The van der Waals surface area contributed by atoms with Gasteiger partial charge in [0.2, 0.25) is 0 Å². The lowest BCUT2D eigenvalue weighted by Crippen LogP contribution is -2.13. The second-order valence-electron chi connectivity index (χ2n) is 4.21. The largest absolute Gasteiger partial charge is 0.330 e. The van der Waals surface area contributed by atoms with Crippen LogP contribution < -0.4 is 5.73 Å². The van der Waals surface area contributed by atoms with Crippen LogP contribution >= 0.6 is 0 Å². The Kier molecular flexibility index (Phi) is 4.62. The van der Waals surface area contributed by atoms with Gasteiger partial charge in [-0.1, -0.05) is 6.92 Å². The first-order valence-electron chi connectivity index (χ1n) is 5.56. The van der Waals surface area contributed by atoms with Crippen molar-refractivity contribution >= 4 is 5.78 Å². The van der Waals surface area contributed by atoms with E-state index in [2.05, 4.69) is 0 Å². The van der Waals surface area contributed by atoms with Crippen molar-refractivity contribution in [1.82, 2.24) is 0 Å². The summed E-state index contributed by atoms with van der Waals surface area (Å²) in [5.74, 6) is -0.449. The summed E-state index contributed by atoms with van der Waals surface area (Å²) in [4.78, 5) is 11.9. The van der Waals surface area contributed by atoms with E-state index in [0.717, 1.165) is 18.4 Å². The minimum Gasteiger partial charge on any atom is -0.330 e. The minimum atomic E-state index is -0.352. The summed E-state index contributed by atoms with van der Waals surface area (Å²) < 4.78 is 13.1. The predicted octanol–water partition coefficient (Wildman–Crippen LogP) is 2.69. The lowest BCUT2D eigenvalue weighted by molar-refractivity contribution is 0.0922. The first kappa shape index (κ1) is 12.8. The standard InChI is InChI=1S/C13H18FNO/c1-9-6-11(8-12(14)7-9)13(16)10(2)4-3-5-15/h6-8,10H,3-5,15H2,1-2H3. The van der Waals surface area contributed by atoms with Gasteiger partial charge >= 0.3 is 0 Å². The van der Waals surface area contributed by atoms with Crippen molar-refractivity contribution in [3.8, 4) is 0 Å². The maximum absolute atomic E-state index is 13.1. The van der Waals surface area contributed by atoms with E-state index in [1.165, 1.54) is 12.1 Å². The fraction of sp³-hybridized carbons (Fsp3) is 0.462. The van der Waals surface area contributed by atoms with E-state index in [-0.39, 0.29) is 17.5 Å². The highest BCUT2D eigenvalue weighted by atomic mass is 19.1. The first-order chi connectivity index (χ1) is 7.54. The van der Waals surface area contributed by atoms with Crippen molar-refractivity contribution in [1.29, 1.82) is 0 Å². The summed E-state index contributed by atoms with van der Waals surface area (Å²) in [7, 11) is 0. The molecule has 1 atom stereocenters. The van der Waals surface area contributed by atoms with Crippen LogP contribution in [0.1, 0.15) is 35.7 Å². The van der Waals surface area contributed by atoms with Crippen LogP contribution in [-0.4, -0.2) is 12.3 Å². The Morgan fingerprint density at radius 1 is 1.44 bits per heavy atom. The number of ketones is 1. The Morgan fingerprint density at radius 3 is 2.69 bits per heavy atom. The van der Waals surface area contributed by atoms with E-state index in [0.29, 0.717) is 12.1 Å². The molecular formula is C13H18FNO. The summed E-state index contributed by atoms with van der Waals surface area (Å²) >= 11 is 0. The van der Waals surface area contributed by atoms with E-state index >= 15 is 0 Å². The maximum Gasteiger partial charge on any atom is 0.165 e. The summed E-state index contributed by atoms with van der Waals surface area (Å²) in [6.07, 6.45) is 1.58. The SMILES string of the molecule is Cc1cc(F)cc(C(=O)C(C)CCCN)c1. The lowest BCUT2D eigenvalue weighted by atomic mass is 9.94. The second-order valence-corrected chi connectivity index (χ2v) is 4.21. The van der Waals surface area contributed by atoms with Crippen LogP contribution in [0.25, 0.3) is 0 Å². The normalized spacial score (nSPS) is 12.5. The third-order valence-electron chi connectivity index (χ3n) is 2.62. The molecule has 0 saturated heterocycles. The molecule has 2 nitrogen and oxygen atoms in total. The van der Waals surface area contributed by atoms with Crippen molar-refractivity contribution in [2.24, 2.45) is 11.7 Å². The Labute approximate surface area is 95.7 Å². The highest BCUT2D eigenvalue weighted by Gasteiger charge is 2.15. The van der Waals surface area contributed by atoms with Gasteiger partial charge in [0.05, 0.1) is 0 Å². The zero-order valence-corrected chi connectivity index (χ0v) is 9.79. The van der Waals surface area contributed by atoms with Crippen LogP contribution in [0.2, 0.25) is 0 Å². The van der Waals surface area contributed by atoms with E-state index in [1.54, 1.807) is 13.0 Å². The molecule has 1 aromatic carbocycles. The van der Waals surface area contributed by atoms with Gasteiger partial charge in [0.15, 0.2) is 5.78 Å². The highest BCUT2D eigenvalue weighted by molar-refractivity contribution is 5.97. The molecule has 0 bridgehead atoms. The van der Waals surface area contributed by atoms with Gasteiger partial charge in [0, 0.05) is 11.5 Å². The summed E-state index contributed by atoms with van der Waals surface area (Å²) in [5.41, 5.74) is 6.63. The number of carbonyl (C=O) groups excluding carboxylic acids is 1. The zero-order chi connectivity index (χ0) is 12.1. The molecule has 0 aliphatic carbocycles. The van der Waals surface area contributed by atoms with Gasteiger partial charge < -0.3 is 5.73 Å².